The molecule has 2 aromatic rings. The second kappa shape index (κ2) is 5.94. The van der Waals surface area contributed by atoms with Crippen molar-refractivity contribution in [3.63, 3.8) is 0 Å². The number of nitrogens with one attached hydrogen (secondary N) is 2. The Bertz CT molecular complexity index is 853. The predicted molar refractivity (Wildman–Crippen MR) is 86.0 cm³/mol. The average molecular weight is 351 g/mol. The van der Waals surface area contributed by atoms with Gasteiger partial charge >= 0.3 is 0 Å². The van der Waals surface area contributed by atoms with Gasteiger partial charge in [-0.1, -0.05) is 11.6 Å². The number of hydrogen-bond donors (Lipinski definition) is 2. The van der Waals surface area contributed by atoms with Gasteiger partial charge in [-0.05, 0) is 48.6 Å². The van der Waals surface area contributed by atoms with Crippen molar-refractivity contribution < 1.29 is 18.4 Å². The Labute approximate surface area is 140 Å². The van der Waals surface area contributed by atoms with E-state index in [0.29, 0.717) is 11.3 Å². The Morgan fingerprint density at radius 3 is 2.48 bits per heavy atom. The van der Waals surface area contributed by atoms with Gasteiger partial charge in [-0.2, -0.15) is 0 Å². The molecule has 1 aromatic heterocycles. The maximum atomic E-state index is 13.2. The van der Waals surface area contributed by atoms with Gasteiger partial charge in [0.15, 0.2) is 5.11 Å². The second-order valence-electron chi connectivity index (χ2n) is 4.63. The van der Waals surface area contributed by atoms with Crippen LogP contribution >= 0.6 is 23.8 Å². The average Bonchev–Trinajstić information content (AvgIpc) is 2.94. The molecular weight excluding hydrogens is 343 g/mol. The van der Waals surface area contributed by atoms with E-state index in [2.05, 4.69) is 10.6 Å². The Morgan fingerprint density at radius 1 is 1.13 bits per heavy atom. The van der Waals surface area contributed by atoms with Gasteiger partial charge in [-0.3, -0.25) is 20.2 Å². The Morgan fingerprint density at radius 2 is 1.83 bits per heavy atom. The Balaban J connectivity index is 1.91. The lowest BCUT2D eigenvalue weighted by Crippen LogP contribution is -2.51. The van der Waals surface area contributed by atoms with E-state index >= 15 is 0 Å². The lowest BCUT2D eigenvalue weighted by atomic mass is 10.1. The van der Waals surface area contributed by atoms with Crippen LogP contribution in [0.1, 0.15) is 5.76 Å². The summed E-state index contributed by atoms with van der Waals surface area (Å²) in [6, 6.07) is 7.36. The molecule has 1 aromatic carbocycles. The summed E-state index contributed by atoms with van der Waals surface area (Å²) in [4.78, 5) is 23.5. The molecule has 0 unspecified atom stereocenters. The fourth-order valence-corrected chi connectivity index (χ4v) is 2.35. The molecule has 0 atom stereocenters. The third kappa shape index (κ3) is 3.15. The third-order valence-electron chi connectivity index (χ3n) is 3.06. The summed E-state index contributed by atoms with van der Waals surface area (Å²) >= 11 is 10.4. The van der Waals surface area contributed by atoms with Crippen LogP contribution in [0, 0.1) is 5.82 Å². The van der Waals surface area contributed by atoms with Crippen molar-refractivity contribution in [1.82, 2.24) is 10.6 Å². The van der Waals surface area contributed by atoms with Crippen LogP contribution in [0.5, 0.6) is 0 Å². The molecule has 3 rings (SSSR count). The van der Waals surface area contributed by atoms with E-state index in [0.717, 1.165) is 0 Å². The summed E-state index contributed by atoms with van der Waals surface area (Å²) < 4.78 is 18.7. The number of amides is 2. The zero-order chi connectivity index (χ0) is 16.6. The van der Waals surface area contributed by atoms with Gasteiger partial charge in [0, 0.05) is 5.56 Å². The van der Waals surface area contributed by atoms with Crippen molar-refractivity contribution in [3.05, 3.63) is 52.5 Å². The van der Waals surface area contributed by atoms with Crippen molar-refractivity contribution in [2.45, 2.75) is 0 Å². The molecule has 116 valence electrons. The van der Waals surface area contributed by atoms with Gasteiger partial charge in [0.2, 0.25) is 0 Å². The molecule has 0 bridgehead atoms. The first-order valence-corrected chi connectivity index (χ1v) is 7.16. The molecule has 0 spiro atoms. The van der Waals surface area contributed by atoms with Gasteiger partial charge in [-0.15, -0.1) is 0 Å². The standard InChI is InChI=1S/C15H8ClFN2O3S/c16-10-5-7(1-3-11(10)17)12-4-2-8(22-12)6-9-13(20)18-15(23)19-14(9)21/h1-6H,(H2,18,19,20,21,23). The van der Waals surface area contributed by atoms with E-state index in [4.69, 9.17) is 28.2 Å². The minimum Gasteiger partial charge on any atom is -0.457 e. The number of hydrogen-bond acceptors (Lipinski definition) is 4. The monoisotopic (exact) mass is 350 g/mol. The van der Waals surface area contributed by atoms with Crippen molar-refractivity contribution >= 4 is 46.8 Å². The van der Waals surface area contributed by atoms with Crippen LogP contribution in [-0.2, 0) is 9.59 Å². The molecule has 1 fully saturated rings. The fraction of sp³-hybridized carbons (Fsp3) is 0. The summed E-state index contributed by atoms with van der Waals surface area (Å²) in [6.45, 7) is 0. The number of furan rings is 1. The van der Waals surface area contributed by atoms with Crippen LogP contribution < -0.4 is 10.6 Å². The second-order valence-corrected chi connectivity index (χ2v) is 5.44. The molecule has 1 aliphatic heterocycles. The summed E-state index contributed by atoms with van der Waals surface area (Å²) in [5, 5.41) is 4.57. The van der Waals surface area contributed by atoms with E-state index in [9.17, 15) is 14.0 Å². The van der Waals surface area contributed by atoms with E-state index < -0.39 is 17.6 Å². The van der Waals surface area contributed by atoms with Crippen LogP contribution in [0.15, 0.2) is 40.3 Å². The van der Waals surface area contributed by atoms with Gasteiger partial charge in [0.1, 0.15) is 22.9 Å². The van der Waals surface area contributed by atoms with Crippen LogP contribution in [0.25, 0.3) is 17.4 Å². The van der Waals surface area contributed by atoms with Crippen LogP contribution in [0.4, 0.5) is 4.39 Å². The number of carbonyl (C=O) groups excluding carboxylic acids is 2. The van der Waals surface area contributed by atoms with Crippen LogP contribution in [0.2, 0.25) is 5.02 Å². The molecule has 2 amide bonds. The first-order chi connectivity index (χ1) is 10.9. The molecule has 2 N–H and O–H groups in total. The molecule has 0 aliphatic carbocycles. The molecule has 0 radical (unpaired) electrons. The fourth-order valence-electron chi connectivity index (χ4n) is 1.98. The van der Waals surface area contributed by atoms with Crippen molar-refractivity contribution in [2.24, 2.45) is 0 Å². The third-order valence-corrected chi connectivity index (χ3v) is 3.55. The quantitative estimate of drug-likeness (QED) is 0.496. The number of thiocarbonyl (C=S) groups is 1. The van der Waals surface area contributed by atoms with Gasteiger partial charge < -0.3 is 4.42 Å². The first-order valence-electron chi connectivity index (χ1n) is 6.37. The molecular formula is C15H8ClFN2O3S. The van der Waals surface area contributed by atoms with Gasteiger partial charge in [0.25, 0.3) is 11.8 Å². The molecule has 0 saturated carbocycles. The first kappa shape index (κ1) is 15.4. The molecule has 1 aliphatic rings. The highest BCUT2D eigenvalue weighted by Gasteiger charge is 2.26. The predicted octanol–water partition coefficient (Wildman–Crippen LogP) is 2.65. The molecule has 23 heavy (non-hydrogen) atoms. The SMILES string of the molecule is O=C1NC(=S)NC(=O)C1=Cc1ccc(-c2ccc(F)c(Cl)c2)o1. The smallest absolute Gasteiger partial charge is 0.263 e. The summed E-state index contributed by atoms with van der Waals surface area (Å²) in [7, 11) is 0. The molecule has 2 heterocycles. The zero-order valence-electron chi connectivity index (χ0n) is 11.4. The zero-order valence-corrected chi connectivity index (χ0v) is 12.9. The lowest BCUT2D eigenvalue weighted by Gasteiger charge is -2.15. The van der Waals surface area contributed by atoms with Crippen molar-refractivity contribution in [2.75, 3.05) is 0 Å². The minimum atomic E-state index is -0.610. The summed E-state index contributed by atoms with van der Waals surface area (Å²) in [6.07, 6.45) is 1.29. The van der Waals surface area contributed by atoms with Crippen molar-refractivity contribution in [1.29, 1.82) is 0 Å². The topological polar surface area (TPSA) is 71.3 Å². The highest BCUT2D eigenvalue weighted by atomic mass is 35.5. The maximum absolute atomic E-state index is 13.2. The molecule has 8 heteroatoms. The highest BCUT2D eigenvalue weighted by Crippen LogP contribution is 2.27. The highest BCUT2D eigenvalue weighted by molar-refractivity contribution is 7.80. The van der Waals surface area contributed by atoms with Crippen molar-refractivity contribution in [3.8, 4) is 11.3 Å². The van der Waals surface area contributed by atoms with Gasteiger partial charge in [0.05, 0.1) is 5.02 Å². The number of halogens is 2. The van der Waals surface area contributed by atoms with Crippen LogP contribution in [0.3, 0.4) is 0 Å². The number of benzene rings is 1. The van der Waals surface area contributed by atoms with E-state index in [1.54, 1.807) is 12.1 Å². The van der Waals surface area contributed by atoms with Crippen LogP contribution in [-0.4, -0.2) is 16.9 Å². The molecule has 1 saturated heterocycles. The summed E-state index contributed by atoms with van der Waals surface area (Å²) in [5.41, 5.74) is 0.441. The Kier molecular flexibility index (Phi) is 3.97. The molecule has 5 nitrogen and oxygen atoms in total. The van der Waals surface area contributed by atoms with E-state index in [1.165, 1.54) is 24.3 Å². The summed E-state index contributed by atoms with van der Waals surface area (Å²) in [5.74, 6) is -1.04. The number of rotatable bonds is 2. The number of carbonyl (C=O) groups is 2. The van der Waals surface area contributed by atoms with Gasteiger partial charge in [-0.25, -0.2) is 4.39 Å². The Hall–Kier alpha value is -2.51. The largest absolute Gasteiger partial charge is 0.457 e. The van der Waals surface area contributed by atoms with E-state index in [1.807, 2.05) is 0 Å². The minimum absolute atomic E-state index is 0.0293. The lowest BCUT2D eigenvalue weighted by molar-refractivity contribution is -0.123. The van der Waals surface area contributed by atoms with E-state index in [-0.39, 0.29) is 21.5 Å². The normalized spacial score (nSPS) is 14.5. The maximum Gasteiger partial charge on any atom is 0.263 e.